The highest BCUT2D eigenvalue weighted by Crippen LogP contribution is 2.22. The molecule has 0 aromatic heterocycles. The predicted molar refractivity (Wildman–Crippen MR) is 88.0 cm³/mol. The van der Waals surface area contributed by atoms with Gasteiger partial charge in [-0.1, -0.05) is 18.6 Å². The van der Waals surface area contributed by atoms with Crippen molar-refractivity contribution in [3.8, 4) is 0 Å². The van der Waals surface area contributed by atoms with E-state index in [9.17, 15) is 13.2 Å². The zero-order valence-corrected chi connectivity index (χ0v) is 14.3. The molecule has 126 valence electrons. The normalized spacial score (nSPS) is 23.3. The van der Waals surface area contributed by atoms with Gasteiger partial charge >= 0.3 is 0 Å². The van der Waals surface area contributed by atoms with Crippen molar-refractivity contribution >= 4 is 15.9 Å². The summed E-state index contributed by atoms with van der Waals surface area (Å²) in [6.45, 7) is 2.94. The van der Waals surface area contributed by atoms with Crippen LogP contribution in [0.5, 0.6) is 0 Å². The second kappa shape index (κ2) is 8.11. The fourth-order valence-corrected chi connectivity index (χ4v) is 5.05. The van der Waals surface area contributed by atoms with Gasteiger partial charge in [0.25, 0.3) is 0 Å². The van der Waals surface area contributed by atoms with Crippen LogP contribution in [-0.2, 0) is 14.8 Å². The highest BCUT2D eigenvalue weighted by molar-refractivity contribution is 7.89. The summed E-state index contributed by atoms with van der Waals surface area (Å²) in [5.41, 5.74) is 1.42. The molecule has 1 N–H and O–H groups in total. The van der Waals surface area contributed by atoms with E-state index >= 15 is 0 Å². The van der Waals surface area contributed by atoms with Gasteiger partial charge in [-0.2, -0.15) is 4.31 Å². The van der Waals surface area contributed by atoms with Crippen LogP contribution in [0, 0.1) is 0 Å². The molecule has 6 heteroatoms. The summed E-state index contributed by atoms with van der Waals surface area (Å²) in [7, 11) is -3.29. The van der Waals surface area contributed by atoms with E-state index in [4.69, 9.17) is 0 Å². The van der Waals surface area contributed by atoms with Crippen molar-refractivity contribution in [2.45, 2.75) is 64.3 Å². The van der Waals surface area contributed by atoms with Crippen molar-refractivity contribution < 1.29 is 13.2 Å². The average Bonchev–Trinajstić information content (AvgIpc) is 2.98. The second-order valence-electron chi connectivity index (χ2n) is 6.23. The van der Waals surface area contributed by atoms with Gasteiger partial charge in [-0.15, -0.1) is 0 Å². The molecule has 0 saturated carbocycles. The number of nitrogens with one attached hydrogen (secondary N) is 1. The molecule has 1 fully saturated rings. The van der Waals surface area contributed by atoms with Gasteiger partial charge in [0.15, 0.2) is 0 Å². The van der Waals surface area contributed by atoms with Crippen molar-refractivity contribution in [3.63, 3.8) is 0 Å². The number of nitrogens with zero attached hydrogens (tertiary/aromatic N) is 1. The average molecular weight is 328 g/mol. The topological polar surface area (TPSA) is 66.5 Å². The van der Waals surface area contributed by atoms with Crippen LogP contribution < -0.4 is 5.32 Å². The zero-order chi connectivity index (χ0) is 16.0. The van der Waals surface area contributed by atoms with E-state index in [1.165, 1.54) is 22.7 Å². The molecule has 2 rings (SSSR count). The molecule has 1 heterocycles. The van der Waals surface area contributed by atoms with Crippen molar-refractivity contribution in [1.29, 1.82) is 0 Å². The van der Waals surface area contributed by atoms with Gasteiger partial charge in [0, 0.05) is 13.1 Å². The summed E-state index contributed by atoms with van der Waals surface area (Å²) < 4.78 is 25.8. The molecule has 1 aliphatic carbocycles. The van der Waals surface area contributed by atoms with Gasteiger partial charge in [0.2, 0.25) is 15.9 Å². The third-order valence-electron chi connectivity index (χ3n) is 4.46. The lowest BCUT2D eigenvalue weighted by atomic mass is 9.97. The molecule has 1 amide bonds. The van der Waals surface area contributed by atoms with Gasteiger partial charge in [-0.3, -0.25) is 4.79 Å². The Morgan fingerprint density at radius 3 is 2.86 bits per heavy atom. The molecular formula is C16H28N2O3S. The minimum Gasteiger partial charge on any atom is -0.354 e. The highest BCUT2D eigenvalue weighted by Gasteiger charge is 2.37. The van der Waals surface area contributed by atoms with Crippen LogP contribution >= 0.6 is 0 Å². The Morgan fingerprint density at radius 2 is 2.18 bits per heavy atom. The summed E-state index contributed by atoms with van der Waals surface area (Å²) in [5, 5.41) is 2.93. The van der Waals surface area contributed by atoms with Crippen molar-refractivity contribution in [3.05, 3.63) is 11.6 Å². The number of sulfonamides is 1. The fraction of sp³-hybridized carbons (Fsp3) is 0.812. The third-order valence-corrected chi connectivity index (χ3v) is 6.53. The monoisotopic (exact) mass is 328 g/mol. The lowest BCUT2D eigenvalue weighted by molar-refractivity contribution is -0.124. The minimum absolute atomic E-state index is 0.129. The first-order valence-electron chi connectivity index (χ1n) is 8.49. The molecule has 1 saturated heterocycles. The number of carbonyl (C=O) groups is 1. The number of allylic oxidation sites excluding steroid dienone is 1. The van der Waals surface area contributed by atoms with Crippen LogP contribution in [0.1, 0.15) is 58.3 Å². The summed E-state index contributed by atoms with van der Waals surface area (Å²) in [6.07, 6.45) is 9.95. The molecular weight excluding hydrogens is 300 g/mol. The molecule has 0 bridgehead atoms. The van der Waals surface area contributed by atoms with E-state index in [0.717, 1.165) is 25.7 Å². The third kappa shape index (κ3) is 4.56. The van der Waals surface area contributed by atoms with Gasteiger partial charge in [0.1, 0.15) is 6.04 Å². The van der Waals surface area contributed by atoms with E-state index < -0.39 is 16.1 Å². The van der Waals surface area contributed by atoms with Crippen molar-refractivity contribution in [2.24, 2.45) is 0 Å². The van der Waals surface area contributed by atoms with E-state index in [1.54, 1.807) is 0 Å². The van der Waals surface area contributed by atoms with E-state index in [1.807, 2.05) is 6.92 Å². The van der Waals surface area contributed by atoms with Crippen LogP contribution in [0.15, 0.2) is 11.6 Å². The summed E-state index contributed by atoms with van der Waals surface area (Å²) >= 11 is 0. The lowest BCUT2D eigenvalue weighted by Gasteiger charge is -2.23. The number of carbonyl (C=O) groups excluding carboxylic acids is 1. The Labute approximate surface area is 134 Å². The maximum Gasteiger partial charge on any atom is 0.238 e. The van der Waals surface area contributed by atoms with Gasteiger partial charge in [-0.05, 0) is 51.4 Å². The quantitative estimate of drug-likeness (QED) is 0.729. The molecule has 1 atom stereocenters. The predicted octanol–water partition coefficient (Wildman–Crippen LogP) is 2.20. The Balaban J connectivity index is 1.84. The zero-order valence-electron chi connectivity index (χ0n) is 13.5. The van der Waals surface area contributed by atoms with Gasteiger partial charge in [0.05, 0.1) is 5.75 Å². The van der Waals surface area contributed by atoms with Crippen molar-refractivity contribution in [1.82, 2.24) is 9.62 Å². The summed E-state index contributed by atoms with van der Waals surface area (Å²) in [6, 6.07) is -0.503. The Bertz CT molecular complexity index is 513. The van der Waals surface area contributed by atoms with E-state index in [-0.39, 0.29) is 11.7 Å². The fourth-order valence-electron chi connectivity index (χ4n) is 3.31. The smallest absolute Gasteiger partial charge is 0.238 e. The van der Waals surface area contributed by atoms with Gasteiger partial charge in [-0.25, -0.2) is 8.42 Å². The summed E-state index contributed by atoms with van der Waals surface area (Å²) in [5.74, 6) is -0.00230. The van der Waals surface area contributed by atoms with Crippen LogP contribution in [0.2, 0.25) is 0 Å². The first-order chi connectivity index (χ1) is 10.5. The molecule has 1 aliphatic heterocycles. The molecule has 0 spiro atoms. The van der Waals surface area contributed by atoms with E-state index in [2.05, 4.69) is 11.4 Å². The molecule has 22 heavy (non-hydrogen) atoms. The molecule has 5 nitrogen and oxygen atoms in total. The van der Waals surface area contributed by atoms with Crippen molar-refractivity contribution in [2.75, 3.05) is 18.8 Å². The first kappa shape index (κ1) is 17.5. The first-order valence-corrected chi connectivity index (χ1v) is 10.1. The maximum atomic E-state index is 12.3. The van der Waals surface area contributed by atoms with Crippen LogP contribution in [0.4, 0.5) is 0 Å². The lowest BCUT2D eigenvalue weighted by Crippen LogP contribution is -2.46. The molecule has 2 aliphatic rings. The summed E-state index contributed by atoms with van der Waals surface area (Å²) in [4.78, 5) is 12.3. The minimum atomic E-state index is -3.29. The highest BCUT2D eigenvalue weighted by atomic mass is 32.2. The van der Waals surface area contributed by atoms with E-state index in [0.29, 0.717) is 25.9 Å². The van der Waals surface area contributed by atoms with Crippen LogP contribution in [0.3, 0.4) is 0 Å². The Kier molecular flexibility index (Phi) is 6.44. The second-order valence-corrected chi connectivity index (χ2v) is 8.28. The molecule has 0 aromatic carbocycles. The Hall–Kier alpha value is -0.880. The number of rotatable bonds is 7. The van der Waals surface area contributed by atoms with Crippen LogP contribution in [0.25, 0.3) is 0 Å². The largest absolute Gasteiger partial charge is 0.354 e. The molecule has 0 radical (unpaired) electrons. The van der Waals surface area contributed by atoms with Crippen LogP contribution in [-0.4, -0.2) is 43.5 Å². The number of hydrogen-bond donors (Lipinski definition) is 1. The van der Waals surface area contributed by atoms with Gasteiger partial charge < -0.3 is 5.32 Å². The Morgan fingerprint density at radius 1 is 1.36 bits per heavy atom. The maximum absolute atomic E-state index is 12.3. The number of amides is 1. The SMILES string of the molecule is CCCS(=O)(=O)N1CCCC1C(=O)NCCC1=CCCCC1. The molecule has 0 aromatic rings. The standard InChI is InChI=1S/C16H28N2O3S/c1-2-13-22(20,21)18-12-6-9-15(18)16(19)17-11-10-14-7-4-3-5-8-14/h7,15H,2-6,8-13H2,1H3,(H,17,19). The molecule has 1 unspecified atom stereocenters. The number of hydrogen-bond acceptors (Lipinski definition) is 3.